The van der Waals surface area contributed by atoms with Gasteiger partial charge in [0.2, 0.25) is 0 Å². The molecular weight excluding hydrogens is 417 g/mol. The van der Waals surface area contributed by atoms with Crippen LogP contribution in [0, 0.1) is 0 Å². The van der Waals surface area contributed by atoms with E-state index in [0.717, 1.165) is 63.6 Å². The Labute approximate surface area is 163 Å². The van der Waals surface area contributed by atoms with Gasteiger partial charge < -0.3 is 20.1 Å². The molecule has 0 amide bonds. The first-order chi connectivity index (χ1) is 11.3. The van der Waals surface area contributed by atoms with E-state index >= 15 is 0 Å². The zero-order valence-electron chi connectivity index (χ0n) is 15.1. The van der Waals surface area contributed by atoms with Crippen molar-refractivity contribution in [3.63, 3.8) is 0 Å². The molecule has 0 fully saturated rings. The fourth-order valence-electron chi connectivity index (χ4n) is 2.29. The van der Waals surface area contributed by atoms with Crippen LogP contribution in [-0.2, 0) is 11.2 Å². The predicted octanol–water partition coefficient (Wildman–Crippen LogP) is 3.23. The molecule has 0 aromatic heterocycles. The van der Waals surface area contributed by atoms with Gasteiger partial charge in [0.1, 0.15) is 5.75 Å². The lowest BCUT2D eigenvalue weighted by molar-refractivity contribution is 0.192. The maximum absolute atomic E-state index is 5.38. The molecule has 1 rings (SSSR count). The van der Waals surface area contributed by atoms with E-state index < -0.39 is 0 Å². The lowest BCUT2D eigenvalue weighted by atomic mass is 10.1. The monoisotopic (exact) mass is 449 g/mol. The van der Waals surface area contributed by atoms with E-state index in [1.165, 1.54) is 5.56 Å². The van der Waals surface area contributed by atoms with Crippen LogP contribution in [0.5, 0.6) is 5.75 Å². The Morgan fingerprint density at radius 3 is 2.58 bits per heavy atom. The second-order valence-electron chi connectivity index (χ2n) is 5.30. The third kappa shape index (κ3) is 9.97. The van der Waals surface area contributed by atoms with Crippen molar-refractivity contribution in [2.75, 3.05) is 40.5 Å². The third-order valence-electron chi connectivity index (χ3n) is 3.50. The predicted molar refractivity (Wildman–Crippen MR) is 112 cm³/mol. The molecule has 1 aromatic rings. The SMILES string of the molecule is CCNC(=NCCCCCOC)NCCc1ccccc1OC.I. The second-order valence-corrected chi connectivity index (χ2v) is 5.30. The number of ether oxygens (including phenoxy) is 2. The fourth-order valence-corrected chi connectivity index (χ4v) is 2.29. The van der Waals surface area contributed by atoms with E-state index in [0.29, 0.717) is 0 Å². The lowest BCUT2D eigenvalue weighted by Crippen LogP contribution is -2.38. The Morgan fingerprint density at radius 1 is 1.08 bits per heavy atom. The molecule has 0 aliphatic carbocycles. The van der Waals surface area contributed by atoms with E-state index in [9.17, 15) is 0 Å². The summed E-state index contributed by atoms with van der Waals surface area (Å²) < 4.78 is 10.4. The molecule has 0 radical (unpaired) electrons. The van der Waals surface area contributed by atoms with Gasteiger partial charge in [-0.15, -0.1) is 24.0 Å². The molecule has 138 valence electrons. The molecule has 0 heterocycles. The standard InChI is InChI=1S/C18H31N3O2.HI/c1-4-19-18(20-13-8-5-9-15-22-2)21-14-12-16-10-6-7-11-17(16)23-3;/h6-7,10-11H,4-5,8-9,12-15H2,1-3H3,(H2,19,20,21);1H. The molecule has 0 aliphatic heterocycles. The van der Waals surface area contributed by atoms with Crippen LogP contribution in [0.15, 0.2) is 29.3 Å². The minimum absolute atomic E-state index is 0. The highest BCUT2D eigenvalue weighted by molar-refractivity contribution is 14.0. The Balaban J connectivity index is 0.00000529. The van der Waals surface area contributed by atoms with Crippen LogP contribution in [0.25, 0.3) is 0 Å². The number of nitrogens with zero attached hydrogens (tertiary/aromatic N) is 1. The first-order valence-corrected chi connectivity index (χ1v) is 8.44. The topological polar surface area (TPSA) is 54.9 Å². The maximum atomic E-state index is 5.38. The normalized spacial score (nSPS) is 10.9. The van der Waals surface area contributed by atoms with E-state index in [-0.39, 0.29) is 24.0 Å². The van der Waals surface area contributed by atoms with E-state index in [1.807, 2.05) is 18.2 Å². The summed E-state index contributed by atoms with van der Waals surface area (Å²) in [5.74, 6) is 1.82. The summed E-state index contributed by atoms with van der Waals surface area (Å²) in [6.07, 6.45) is 4.25. The van der Waals surface area contributed by atoms with Gasteiger partial charge in [0, 0.05) is 33.4 Å². The Hall–Kier alpha value is -1.02. The number of halogens is 1. The molecule has 0 spiro atoms. The van der Waals surface area contributed by atoms with Crippen molar-refractivity contribution in [3.8, 4) is 5.75 Å². The second kappa shape index (κ2) is 15.5. The van der Waals surface area contributed by atoms with E-state index in [1.54, 1.807) is 14.2 Å². The van der Waals surface area contributed by atoms with Gasteiger partial charge in [0.25, 0.3) is 0 Å². The van der Waals surface area contributed by atoms with Gasteiger partial charge in [-0.25, -0.2) is 0 Å². The van der Waals surface area contributed by atoms with Crippen LogP contribution in [0.3, 0.4) is 0 Å². The van der Waals surface area contributed by atoms with Crippen LogP contribution >= 0.6 is 24.0 Å². The van der Waals surface area contributed by atoms with Crippen molar-refractivity contribution in [3.05, 3.63) is 29.8 Å². The highest BCUT2D eigenvalue weighted by atomic mass is 127. The average molecular weight is 449 g/mol. The number of unbranched alkanes of at least 4 members (excludes halogenated alkanes) is 2. The maximum Gasteiger partial charge on any atom is 0.191 e. The quantitative estimate of drug-likeness (QED) is 0.236. The van der Waals surface area contributed by atoms with E-state index in [4.69, 9.17) is 9.47 Å². The van der Waals surface area contributed by atoms with Crippen molar-refractivity contribution in [2.45, 2.75) is 32.6 Å². The van der Waals surface area contributed by atoms with Gasteiger partial charge in [-0.1, -0.05) is 18.2 Å². The van der Waals surface area contributed by atoms with Crippen molar-refractivity contribution in [1.29, 1.82) is 0 Å². The molecule has 24 heavy (non-hydrogen) atoms. The van der Waals surface area contributed by atoms with Crippen LogP contribution in [0.2, 0.25) is 0 Å². The Morgan fingerprint density at radius 2 is 1.88 bits per heavy atom. The molecular formula is C18H32IN3O2. The molecule has 0 bridgehead atoms. The molecule has 0 saturated carbocycles. The number of aliphatic imine (C=N–C) groups is 1. The van der Waals surface area contributed by atoms with Gasteiger partial charge in [-0.05, 0) is 44.2 Å². The smallest absolute Gasteiger partial charge is 0.191 e. The van der Waals surface area contributed by atoms with Crippen molar-refractivity contribution in [2.24, 2.45) is 4.99 Å². The number of hydrogen-bond acceptors (Lipinski definition) is 3. The number of guanidine groups is 1. The molecule has 1 aromatic carbocycles. The number of rotatable bonds is 11. The summed E-state index contributed by atoms with van der Waals surface area (Å²) in [5.41, 5.74) is 1.21. The van der Waals surface area contributed by atoms with Gasteiger partial charge in [0.05, 0.1) is 7.11 Å². The van der Waals surface area contributed by atoms with Crippen LogP contribution in [0.1, 0.15) is 31.7 Å². The molecule has 0 atom stereocenters. The molecule has 2 N–H and O–H groups in total. The zero-order chi connectivity index (χ0) is 16.8. The van der Waals surface area contributed by atoms with Gasteiger partial charge in [-0.3, -0.25) is 4.99 Å². The van der Waals surface area contributed by atoms with E-state index in [2.05, 4.69) is 28.6 Å². The summed E-state index contributed by atoms with van der Waals surface area (Å²) in [4.78, 5) is 4.61. The Kier molecular flexibility index (Phi) is 14.8. The summed E-state index contributed by atoms with van der Waals surface area (Å²) in [6, 6.07) is 8.12. The number of nitrogens with one attached hydrogen (secondary N) is 2. The summed E-state index contributed by atoms with van der Waals surface area (Å²) in [7, 11) is 3.45. The first kappa shape index (κ1) is 23.0. The van der Waals surface area contributed by atoms with Crippen molar-refractivity contribution in [1.82, 2.24) is 10.6 Å². The van der Waals surface area contributed by atoms with Gasteiger partial charge in [-0.2, -0.15) is 0 Å². The number of methoxy groups -OCH3 is 2. The Bertz CT molecular complexity index is 456. The minimum Gasteiger partial charge on any atom is -0.496 e. The average Bonchev–Trinajstić information content (AvgIpc) is 2.58. The molecule has 0 saturated heterocycles. The zero-order valence-corrected chi connectivity index (χ0v) is 17.5. The molecule has 6 heteroatoms. The first-order valence-electron chi connectivity index (χ1n) is 8.44. The summed E-state index contributed by atoms with van der Waals surface area (Å²) in [5, 5.41) is 6.66. The number of hydrogen-bond donors (Lipinski definition) is 2. The number of para-hydroxylation sites is 1. The summed E-state index contributed by atoms with van der Waals surface area (Å²) in [6.45, 7) is 5.45. The molecule has 5 nitrogen and oxygen atoms in total. The number of benzene rings is 1. The van der Waals surface area contributed by atoms with Crippen LogP contribution < -0.4 is 15.4 Å². The van der Waals surface area contributed by atoms with Crippen molar-refractivity contribution < 1.29 is 9.47 Å². The molecule has 0 aliphatic rings. The third-order valence-corrected chi connectivity index (χ3v) is 3.50. The molecule has 0 unspecified atom stereocenters. The largest absolute Gasteiger partial charge is 0.496 e. The summed E-state index contributed by atoms with van der Waals surface area (Å²) >= 11 is 0. The lowest BCUT2D eigenvalue weighted by Gasteiger charge is -2.12. The van der Waals surface area contributed by atoms with Gasteiger partial charge >= 0.3 is 0 Å². The highest BCUT2D eigenvalue weighted by Gasteiger charge is 2.02. The fraction of sp³-hybridized carbons (Fsp3) is 0.611. The van der Waals surface area contributed by atoms with Gasteiger partial charge in [0.15, 0.2) is 5.96 Å². The minimum atomic E-state index is 0. The highest BCUT2D eigenvalue weighted by Crippen LogP contribution is 2.17. The van der Waals surface area contributed by atoms with Crippen LogP contribution in [0.4, 0.5) is 0 Å². The van der Waals surface area contributed by atoms with Crippen LogP contribution in [-0.4, -0.2) is 46.4 Å². The van der Waals surface area contributed by atoms with Crippen molar-refractivity contribution >= 4 is 29.9 Å².